The van der Waals surface area contributed by atoms with Crippen molar-refractivity contribution in [3.05, 3.63) is 35.6 Å². The second-order valence-electron chi connectivity index (χ2n) is 7.39. The summed E-state index contributed by atoms with van der Waals surface area (Å²) in [5.41, 5.74) is 7.91. The van der Waals surface area contributed by atoms with Crippen molar-refractivity contribution in [2.75, 3.05) is 26.2 Å². The Kier molecular flexibility index (Phi) is 5.67. The number of hydrogen-bond acceptors (Lipinski definition) is 3. The Morgan fingerprint density at radius 1 is 1.39 bits per heavy atom. The standard InChI is InChI=1S/C19H30FN3/c1-3-14(2)12-23-9-5-7-16(13-23)19-18(11-21-22-19)15-6-4-8-17(20)10-15/h4,6,8,10,14,16,18-19,21-22H,3,5,7,9,11-13H2,1-2H3. The minimum atomic E-state index is -0.129. The Labute approximate surface area is 139 Å². The van der Waals surface area contributed by atoms with E-state index in [-0.39, 0.29) is 5.82 Å². The van der Waals surface area contributed by atoms with Gasteiger partial charge in [-0.25, -0.2) is 4.39 Å². The van der Waals surface area contributed by atoms with Gasteiger partial charge in [0.05, 0.1) is 0 Å². The van der Waals surface area contributed by atoms with E-state index in [1.807, 2.05) is 6.07 Å². The summed E-state index contributed by atoms with van der Waals surface area (Å²) in [5.74, 6) is 1.63. The fraction of sp³-hybridized carbons (Fsp3) is 0.684. The van der Waals surface area contributed by atoms with Gasteiger partial charge >= 0.3 is 0 Å². The number of halogens is 1. The van der Waals surface area contributed by atoms with Crippen molar-refractivity contribution >= 4 is 0 Å². The average Bonchev–Trinajstić information content (AvgIpc) is 3.04. The van der Waals surface area contributed by atoms with Crippen molar-refractivity contribution in [1.82, 2.24) is 15.8 Å². The first-order chi connectivity index (χ1) is 11.2. The van der Waals surface area contributed by atoms with Crippen LogP contribution in [-0.4, -0.2) is 37.1 Å². The molecule has 2 aliphatic rings. The topological polar surface area (TPSA) is 27.3 Å². The lowest BCUT2D eigenvalue weighted by atomic mass is 9.81. The molecule has 4 atom stereocenters. The predicted octanol–water partition coefficient (Wildman–Crippen LogP) is 3.14. The third-order valence-electron chi connectivity index (χ3n) is 5.62. The van der Waals surface area contributed by atoms with E-state index in [1.54, 1.807) is 6.07 Å². The van der Waals surface area contributed by atoms with Crippen LogP contribution in [0.15, 0.2) is 24.3 Å². The van der Waals surface area contributed by atoms with E-state index in [9.17, 15) is 4.39 Å². The molecule has 0 radical (unpaired) electrons. The maximum Gasteiger partial charge on any atom is 0.123 e. The number of nitrogens with zero attached hydrogens (tertiary/aromatic N) is 1. The molecule has 4 heteroatoms. The number of likely N-dealkylation sites (tertiary alicyclic amines) is 1. The van der Waals surface area contributed by atoms with Crippen molar-refractivity contribution in [3.63, 3.8) is 0 Å². The van der Waals surface area contributed by atoms with Crippen LogP contribution in [0.3, 0.4) is 0 Å². The number of nitrogens with one attached hydrogen (secondary N) is 2. The number of rotatable bonds is 5. The molecule has 3 nitrogen and oxygen atoms in total. The van der Waals surface area contributed by atoms with Crippen LogP contribution in [0.2, 0.25) is 0 Å². The molecule has 2 N–H and O–H groups in total. The van der Waals surface area contributed by atoms with Gasteiger partial charge < -0.3 is 4.90 Å². The van der Waals surface area contributed by atoms with Crippen molar-refractivity contribution in [1.29, 1.82) is 0 Å². The summed E-state index contributed by atoms with van der Waals surface area (Å²) in [6.07, 6.45) is 3.79. The number of hydrazine groups is 1. The molecule has 0 spiro atoms. The lowest BCUT2D eigenvalue weighted by Gasteiger charge is -2.38. The highest BCUT2D eigenvalue weighted by Gasteiger charge is 2.36. The molecule has 3 rings (SSSR count). The molecule has 0 aromatic heterocycles. The summed E-state index contributed by atoms with van der Waals surface area (Å²) < 4.78 is 13.6. The van der Waals surface area contributed by atoms with Crippen LogP contribution in [0.5, 0.6) is 0 Å². The Bertz CT molecular complexity index is 507. The second-order valence-corrected chi connectivity index (χ2v) is 7.39. The van der Waals surface area contributed by atoms with Crippen LogP contribution in [-0.2, 0) is 0 Å². The predicted molar refractivity (Wildman–Crippen MR) is 92.7 cm³/mol. The molecule has 0 bridgehead atoms. The maximum absolute atomic E-state index is 13.6. The van der Waals surface area contributed by atoms with Gasteiger partial charge in [-0.1, -0.05) is 32.4 Å². The van der Waals surface area contributed by atoms with E-state index < -0.39 is 0 Å². The Hall–Kier alpha value is -0.970. The van der Waals surface area contributed by atoms with Crippen LogP contribution in [0.25, 0.3) is 0 Å². The van der Waals surface area contributed by atoms with E-state index >= 15 is 0 Å². The summed E-state index contributed by atoms with van der Waals surface area (Å²) >= 11 is 0. The van der Waals surface area contributed by atoms with Crippen LogP contribution in [0.4, 0.5) is 4.39 Å². The van der Waals surface area contributed by atoms with Crippen molar-refractivity contribution in [3.8, 4) is 0 Å². The first kappa shape index (κ1) is 16.9. The van der Waals surface area contributed by atoms with Gasteiger partial charge in [0.2, 0.25) is 0 Å². The molecule has 1 aromatic rings. The van der Waals surface area contributed by atoms with Gasteiger partial charge in [0.25, 0.3) is 0 Å². The third kappa shape index (κ3) is 4.11. The second kappa shape index (κ2) is 7.73. The maximum atomic E-state index is 13.6. The molecule has 128 valence electrons. The molecular weight excluding hydrogens is 289 g/mol. The van der Waals surface area contributed by atoms with Gasteiger partial charge in [-0.05, 0) is 48.9 Å². The monoisotopic (exact) mass is 319 g/mol. The minimum Gasteiger partial charge on any atom is -0.303 e. The van der Waals surface area contributed by atoms with Crippen LogP contribution < -0.4 is 10.9 Å². The number of hydrogen-bond donors (Lipinski definition) is 2. The van der Waals surface area contributed by atoms with E-state index in [1.165, 1.54) is 38.4 Å². The summed E-state index contributed by atoms with van der Waals surface area (Å²) in [6, 6.07) is 7.52. The fourth-order valence-electron chi connectivity index (χ4n) is 4.14. The molecule has 0 saturated carbocycles. The summed E-state index contributed by atoms with van der Waals surface area (Å²) in [5, 5.41) is 0. The molecule has 4 unspecified atom stereocenters. The minimum absolute atomic E-state index is 0.129. The molecule has 0 aliphatic carbocycles. The number of benzene rings is 1. The SMILES string of the molecule is CCC(C)CN1CCCC(C2NNCC2c2cccc(F)c2)C1. The van der Waals surface area contributed by atoms with Gasteiger partial charge in [0.1, 0.15) is 5.82 Å². The molecule has 2 saturated heterocycles. The molecule has 2 fully saturated rings. The quantitative estimate of drug-likeness (QED) is 0.873. The Balaban J connectivity index is 1.67. The normalized spacial score (nSPS) is 30.5. The summed E-state index contributed by atoms with van der Waals surface area (Å²) in [7, 11) is 0. The smallest absolute Gasteiger partial charge is 0.123 e. The van der Waals surface area contributed by atoms with Crippen LogP contribution >= 0.6 is 0 Å². The highest BCUT2D eigenvalue weighted by Crippen LogP contribution is 2.32. The summed E-state index contributed by atoms with van der Waals surface area (Å²) in [6.45, 7) is 9.10. The Morgan fingerprint density at radius 2 is 2.26 bits per heavy atom. The average molecular weight is 319 g/mol. The van der Waals surface area contributed by atoms with Gasteiger partial charge in [-0.15, -0.1) is 0 Å². The molecule has 2 aliphatic heterocycles. The van der Waals surface area contributed by atoms with E-state index in [2.05, 4.69) is 35.7 Å². The van der Waals surface area contributed by atoms with E-state index in [0.717, 1.165) is 24.6 Å². The van der Waals surface area contributed by atoms with Gasteiger partial charge in [-0.2, -0.15) is 0 Å². The van der Waals surface area contributed by atoms with Gasteiger partial charge in [0.15, 0.2) is 0 Å². The zero-order valence-electron chi connectivity index (χ0n) is 14.4. The lowest BCUT2D eigenvalue weighted by Crippen LogP contribution is -2.47. The molecule has 1 aromatic carbocycles. The van der Waals surface area contributed by atoms with E-state index in [4.69, 9.17) is 0 Å². The van der Waals surface area contributed by atoms with Crippen LogP contribution in [0.1, 0.15) is 44.6 Å². The molecule has 23 heavy (non-hydrogen) atoms. The molecule has 0 amide bonds. The lowest BCUT2D eigenvalue weighted by molar-refractivity contribution is 0.130. The van der Waals surface area contributed by atoms with Gasteiger partial charge in [0, 0.05) is 31.6 Å². The zero-order valence-corrected chi connectivity index (χ0v) is 14.4. The molecular formula is C19H30FN3. The fourth-order valence-corrected chi connectivity index (χ4v) is 4.14. The largest absolute Gasteiger partial charge is 0.303 e. The van der Waals surface area contributed by atoms with Gasteiger partial charge in [-0.3, -0.25) is 10.9 Å². The first-order valence-corrected chi connectivity index (χ1v) is 9.13. The van der Waals surface area contributed by atoms with Crippen molar-refractivity contribution < 1.29 is 4.39 Å². The zero-order chi connectivity index (χ0) is 16.2. The highest BCUT2D eigenvalue weighted by molar-refractivity contribution is 5.24. The summed E-state index contributed by atoms with van der Waals surface area (Å²) in [4.78, 5) is 2.63. The number of piperidine rings is 1. The van der Waals surface area contributed by atoms with E-state index in [0.29, 0.717) is 17.9 Å². The third-order valence-corrected chi connectivity index (χ3v) is 5.62. The molecule has 2 heterocycles. The highest BCUT2D eigenvalue weighted by atomic mass is 19.1. The first-order valence-electron chi connectivity index (χ1n) is 9.13. The van der Waals surface area contributed by atoms with Crippen LogP contribution in [0, 0.1) is 17.7 Å². The Morgan fingerprint density at radius 3 is 3.04 bits per heavy atom. The van der Waals surface area contributed by atoms with Crippen molar-refractivity contribution in [2.45, 2.75) is 45.1 Å². The van der Waals surface area contributed by atoms with Crippen molar-refractivity contribution in [2.24, 2.45) is 11.8 Å².